The van der Waals surface area contributed by atoms with Crippen molar-refractivity contribution in [2.24, 2.45) is 0 Å². The Hall–Kier alpha value is -2.37. The number of H-pyrrole nitrogens is 1. The van der Waals surface area contributed by atoms with Crippen molar-refractivity contribution in [2.45, 2.75) is 6.43 Å². The largest absolute Gasteiger partial charge is 0.263 e. The van der Waals surface area contributed by atoms with E-state index < -0.39 is 12.2 Å². The lowest BCUT2D eigenvalue weighted by atomic mass is 10.0. The zero-order valence-electron chi connectivity index (χ0n) is 9.57. The number of halogens is 3. The van der Waals surface area contributed by atoms with Gasteiger partial charge in [-0.2, -0.15) is 5.10 Å². The number of alkyl halides is 2. The second-order valence-electron chi connectivity index (χ2n) is 4.11. The third-order valence-electron chi connectivity index (χ3n) is 2.80. The molecule has 2 heterocycles. The van der Waals surface area contributed by atoms with Gasteiger partial charge < -0.3 is 0 Å². The normalized spacial score (nSPS) is 11.4. The van der Waals surface area contributed by atoms with E-state index in [1.807, 2.05) is 0 Å². The first-order valence-electron chi connectivity index (χ1n) is 5.51. The van der Waals surface area contributed by atoms with E-state index in [0.29, 0.717) is 16.8 Å². The minimum atomic E-state index is -2.71. The van der Waals surface area contributed by atoms with Crippen LogP contribution in [0.15, 0.2) is 36.7 Å². The maximum absolute atomic E-state index is 13.4. The fourth-order valence-electron chi connectivity index (χ4n) is 1.90. The Morgan fingerprint density at radius 3 is 2.63 bits per heavy atom. The van der Waals surface area contributed by atoms with Crippen molar-refractivity contribution in [3.05, 3.63) is 48.0 Å². The van der Waals surface area contributed by atoms with Crippen molar-refractivity contribution in [1.82, 2.24) is 15.2 Å². The summed E-state index contributed by atoms with van der Waals surface area (Å²) in [5.41, 5.74) is 1.18. The first kappa shape index (κ1) is 11.7. The van der Waals surface area contributed by atoms with Crippen molar-refractivity contribution in [3.63, 3.8) is 0 Å². The standard InChI is InChI=1S/C13H8F3N3/c14-11-3-7(1-8(4-11)12(15)16)9-2-10-6-18-19-13(10)17-5-9/h1-6,12H,(H,17,18,19). The minimum Gasteiger partial charge on any atom is -0.261 e. The molecule has 96 valence electrons. The number of benzene rings is 1. The summed E-state index contributed by atoms with van der Waals surface area (Å²) in [6, 6.07) is 5.01. The van der Waals surface area contributed by atoms with Crippen LogP contribution in [0.25, 0.3) is 22.2 Å². The van der Waals surface area contributed by atoms with Gasteiger partial charge in [0, 0.05) is 22.7 Å². The van der Waals surface area contributed by atoms with Gasteiger partial charge in [-0.05, 0) is 29.8 Å². The maximum Gasteiger partial charge on any atom is 0.263 e. The fourth-order valence-corrected chi connectivity index (χ4v) is 1.90. The van der Waals surface area contributed by atoms with Crippen LogP contribution in [0.5, 0.6) is 0 Å². The minimum absolute atomic E-state index is 0.345. The van der Waals surface area contributed by atoms with E-state index in [9.17, 15) is 13.2 Å². The SMILES string of the molecule is Fc1cc(-c2cnc3[nH]ncc3c2)cc(C(F)F)c1. The van der Waals surface area contributed by atoms with E-state index in [0.717, 1.165) is 11.5 Å². The Labute approximate surface area is 106 Å². The molecule has 0 saturated heterocycles. The Kier molecular flexibility index (Phi) is 2.70. The fraction of sp³-hybridized carbons (Fsp3) is 0.0769. The quantitative estimate of drug-likeness (QED) is 0.765. The van der Waals surface area contributed by atoms with Crippen molar-refractivity contribution in [2.75, 3.05) is 0 Å². The molecule has 0 atom stereocenters. The predicted octanol–water partition coefficient (Wildman–Crippen LogP) is 3.70. The number of fused-ring (bicyclic) bond motifs is 1. The molecule has 0 unspecified atom stereocenters. The zero-order chi connectivity index (χ0) is 13.4. The van der Waals surface area contributed by atoms with Crippen LogP contribution in [0.2, 0.25) is 0 Å². The molecule has 1 N–H and O–H groups in total. The Morgan fingerprint density at radius 2 is 1.84 bits per heavy atom. The molecule has 0 amide bonds. The van der Waals surface area contributed by atoms with Crippen LogP contribution in [-0.4, -0.2) is 15.2 Å². The molecule has 0 aliphatic carbocycles. The zero-order valence-corrected chi connectivity index (χ0v) is 9.57. The lowest BCUT2D eigenvalue weighted by molar-refractivity contribution is 0.151. The van der Waals surface area contributed by atoms with E-state index in [1.54, 1.807) is 12.3 Å². The van der Waals surface area contributed by atoms with Gasteiger partial charge in [0.15, 0.2) is 5.65 Å². The first-order chi connectivity index (χ1) is 9.13. The molecule has 0 bridgehead atoms. The number of nitrogens with one attached hydrogen (secondary N) is 1. The van der Waals surface area contributed by atoms with E-state index in [-0.39, 0.29) is 5.56 Å². The van der Waals surface area contributed by atoms with Gasteiger partial charge in [-0.3, -0.25) is 5.10 Å². The summed E-state index contributed by atoms with van der Waals surface area (Å²) in [5, 5.41) is 7.24. The number of aromatic nitrogens is 3. The van der Waals surface area contributed by atoms with Gasteiger partial charge in [-0.15, -0.1) is 0 Å². The third-order valence-corrected chi connectivity index (χ3v) is 2.80. The van der Waals surface area contributed by atoms with Crippen LogP contribution in [0.4, 0.5) is 13.2 Å². The number of aromatic amines is 1. The summed E-state index contributed by atoms with van der Waals surface area (Å²) >= 11 is 0. The number of hydrogen-bond donors (Lipinski definition) is 1. The summed E-state index contributed by atoms with van der Waals surface area (Å²) in [7, 11) is 0. The Bertz CT molecular complexity index is 737. The van der Waals surface area contributed by atoms with Crippen molar-refractivity contribution in [3.8, 4) is 11.1 Å². The highest BCUT2D eigenvalue weighted by Gasteiger charge is 2.11. The molecule has 3 aromatic rings. The van der Waals surface area contributed by atoms with Crippen molar-refractivity contribution < 1.29 is 13.2 Å². The maximum atomic E-state index is 13.4. The lowest BCUT2D eigenvalue weighted by Crippen LogP contribution is -1.89. The Morgan fingerprint density at radius 1 is 1.00 bits per heavy atom. The second-order valence-corrected chi connectivity index (χ2v) is 4.11. The average Bonchev–Trinajstić information content (AvgIpc) is 2.85. The van der Waals surface area contributed by atoms with E-state index in [4.69, 9.17) is 0 Å². The van der Waals surface area contributed by atoms with E-state index >= 15 is 0 Å². The van der Waals surface area contributed by atoms with Gasteiger partial charge in [0.1, 0.15) is 5.82 Å². The molecule has 1 aromatic carbocycles. The number of pyridine rings is 1. The average molecular weight is 263 g/mol. The van der Waals surface area contributed by atoms with Gasteiger partial charge >= 0.3 is 0 Å². The summed E-state index contributed by atoms with van der Waals surface area (Å²) in [5.74, 6) is -0.694. The molecule has 2 aromatic heterocycles. The van der Waals surface area contributed by atoms with Crippen LogP contribution >= 0.6 is 0 Å². The van der Waals surface area contributed by atoms with Gasteiger partial charge in [0.2, 0.25) is 0 Å². The van der Waals surface area contributed by atoms with E-state index in [2.05, 4.69) is 15.2 Å². The summed E-state index contributed by atoms with van der Waals surface area (Å²) in [6.07, 6.45) is 0.351. The van der Waals surface area contributed by atoms with Crippen LogP contribution in [0.1, 0.15) is 12.0 Å². The highest BCUT2D eigenvalue weighted by molar-refractivity contribution is 5.80. The van der Waals surface area contributed by atoms with Crippen LogP contribution in [0.3, 0.4) is 0 Å². The molecular weight excluding hydrogens is 255 g/mol. The third kappa shape index (κ3) is 2.16. The highest BCUT2D eigenvalue weighted by atomic mass is 19.3. The molecule has 6 heteroatoms. The van der Waals surface area contributed by atoms with Gasteiger partial charge in [0.05, 0.1) is 6.20 Å². The van der Waals surface area contributed by atoms with Gasteiger partial charge in [-0.1, -0.05) is 0 Å². The second kappa shape index (κ2) is 4.38. The molecule has 0 aliphatic heterocycles. The number of nitrogens with zero attached hydrogens (tertiary/aromatic N) is 2. The summed E-state index contributed by atoms with van der Waals surface area (Å²) < 4.78 is 38.7. The first-order valence-corrected chi connectivity index (χ1v) is 5.51. The van der Waals surface area contributed by atoms with Gasteiger partial charge in [-0.25, -0.2) is 18.2 Å². The molecule has 0 spiro atoms. The molecular formula is C13H8F3N3. The van der Waals surface area contributed by atoms with Gasteiger partial charge in [0.25, 0.3) is 6.43 Å². The molecule has 3 nitrogen and oxygen atoms in total. The summed E-state index contributed by atoms with van der Waals surface area (Å²) in [4.78, 5) is 4.09. The molecule has 19 heavy (non-hydrogen) atoms. The van der Waals surface area contributed by atoms with Crippen LogP contribution in [0, 0.1) is 5.82 Å². The monoisotopic (exact) mass is 263 g/mol. The van der Waals surface area contributed by atoms with Crippen LogP contribution < -0.4 is 0 Å². The number of rotatable bonds is 2. The Balaban J connectivity index is 2.14. The van der Waals surface area contributed by atoms with Crippen molar-refractivity contribution in [1.29, 1.82) is 0 Å². The predicted molar refractivity (Wildman–Crippen MR) is 64.2 cm³/mol. The molecule has 0 saturated carbocycles. The molecule has 0 aliphatic rings. The number of hydrogen-bond acceptors (Lipinski definition) is 2. The highest BCUT2D eigenvalue weighted by Crippen LogP contribution is 2.28. The topological polar surface area (TPSA) is 41.6 Å². The van der Waals surface area contributed by atoms with Crippen LogP contribution in [-0.2, 0) is 0 Å². The molecule has 0 fully saturated rings. The smallest absolute Gasteiger partial charge is 0.261 e. The van der Waals surface area contributed by atoms with E-state index in [1.165, 1.54) is 18.3 Å². The van der Waals surface area contributed by atoms with Crippen molar-refractivity contribution >= 4 is 11.0 Å². The lowest BCUT2D eigenvalue weighted by Gasteiger charge is -2.05. The summed E-state index contributed by atoms with van der Waals surface area (Å²) in [6.45, 7) is 0. The molecule has 0 radical (unpaired) electrons. The molecule has 3 rings (SSSR count).